The average molecular weight is 365 g/mol. The van der Waals surface area contributed by atoms with Gasteiger partial charge in [-0.15, -0.1) is 0 Å². The van der Waals surface area contributed by atoms with Crippen LogP contribution < -0.4 is 0 Å². The van der Waals surface area contributed by atoms with Crippen LogP contribution in [0.3, 0.4) is 0 Å². The van der Waals surface area contributed by atoms with E-state index in [1.165, 1.54) is 89.9 Å². The maximum Gasteiger partial charge on any atom is 0.160 e. The predicted octanol–water partition coefficient (Wildman–Crippen LogP) is 6.97. The van der Waals surface area contributed by atoms with Crippen LogP contribution in [0.15, 0.2) is 0 Å². The summed E-state index contributed by atoms with van der Waals surface area (Å²) in [6.45, 7) is 6.55. The third kappa shape index (κ3) is 5.96. The van der Waals surface area contributed by atoms with Crippen LogP contribution in [0.1, 0.15) is 104 Å². The smallest absolute Gasteiger partial charge is 0.160 e. The zero-order valence-electron chi connectivity index (χ0n) is 17.6. The second kappa shape index (κ2) is 11.1. The maximum absolute atomic E-state index is 6.27. The monoisotopic (exact) mass is 364 g/mol. The van der Waals surface area contributed by atoms with Crippen LogP contribution in [0.25, 0.3) is 0 Å². The van der Waals surface area contributed by atoms with Gasteiger partial charge in [0.25, 0.3) is 0 Å². The molecule has 2 aliphatic carbocycles. The quantitative estimate of drug-likeness (QED) is 0.463. The third-order valence-electron chi connectivity index (χ3n) is 7.72. The Kier molecular flexibility index (Phi) is 8.78. The summed E-state index contributed by atoms with van der Waals surface area (Å²) in [5.41, 5.74) is 0. The molecule has 3 rings (SSSR count). The number of rotatable bonds is 8. The van der Waals surface area contributed by atoms with Gasteiger partial charge < -0.3 is 9.47 Å². The minimum Gasteiger partial charge on any atom is -0.352 e. The van der Waals surface area contributed by atoms with Crippen molar-refractivity contribution in [1.29, 1.82) is 0 Å². The molecular weight excluding hydrogens is 320 g/mol. The molecule has 0 atom stereocenters. The van der Waals surface area contributed by atoms with E-state index in [1.54, 1.807) is 0 Å². The summed E-state index contributed by atoms with van der Waals surface area (Å²) >= 11 is 0. The highest BCUT2D eigenvalue weighted by Crippen LogP contribution is 2.40. The van der Waals surface area contributed by atoms with E-state index in [9.17, 15) is 0 Å². The van der Waals surface area contributed by atoms with E-state index < -0.39 is 0 Å². The SMILES string of the molecule is CCCCC1CCC(C2COC(C3CCC(CCCC)CC3)OC2)CC1. The van der Waals surface area contributed by atoms with Crippen molar-refractivity contribution >= 4 is 0 Å². The van der Waals surface area contributed by atoms with E-state index in [4.69, 9.17) is 9.47 Å². The van der Waals surface area contributed by atoms with E-state index in [0.29, 0.717) is 11.8 Å². The Labute approximate surface area is 162 Å². The highest BCUT2D eigenvalue weighted by Gasteiger charge is 2.35. The van der Waals surface area contributed by atoms with Gasteiger partial charge in [0.05, 0.1) is 13.2 Å². The van der Waals surface area contributed by atoms with Crippen molar-refractivity contribution in [3.63, 3.8) is 0 Å². The predicted molar refractivity (Wildman–Crippen MR) is 109 cm³/mol. The van der Waals surface area contributed by atoms with Crippen LogP contribution in [-0.2, 0) is 9.47 Å². The molecule has 0 aromatic carbocycles. The molecule has 2 saturated carbocycles. The topological polar surface area (TPSA) is 18.5 Å². The fourth-order valence-electron chi connectivity index (χ4n) is 5.76. The van der Waals surface area contributed by atoms with Gasteiger partial charge in [-0.05, 0) is 56.3 Å². The van der Waals surface area contributed by atoms with E-state index in [0.717, 1.165) is 31.0 Å². The highest BCUT2D eigenvalue weighted by atomic mass is 16.7. The van der Waals surface area contributed by atoms with Gasteiger partial charge in [0.2, 0.25) is 0 Å². The largest absolute Gasteiger partial charge is 0.352 e. The van der Waals surface area contributed by atoms with Crippen molar-refractivity contribution in [2.45, 2.75) is 110 Å². The maximum atomic E-state index is 6.27. The molecule has 26 heavy (non-hydrogen) atoms. The first-order valence-electron chi connectivity index (χ1n) is 12.0. The lowest BCUT2D eigenvalue weighted by atomic mass is 9.74. The molecule has 0 spiro atoms. The Balaban J connectivity index is 1.32. The van der Waals surface area contributed by atoms with Crippen molar-refractivity contribution in [1.82, 2.24) is 0 Å². The molecule has 0 unspecified atom stereocenters. The number of ether oxygens (including phenoxy) is 2. The normalized spacial score (nSPS) is 39.0. The van der Waals surface area contributed by atoms with Gasteiger partial charge in [0.1, 0.15) is 0 Å². The van der Waals surface area contributed by atoms with Gasteiger partial charge in [-0.2, -0.15) is 0 Å². The van der Waals surface area contributed by atoms with E-state index >= 15 is 0 Å². The molecule has 0 aromatic heterocycles. The van der Waals surface area contributed by atoms with E-state index in [1.807, 2.05) is 0 Å². The summed E-state index contributed by atoms with van der Waals surface area (Å²) in [6.07, 6.45) is 19.7. The molecule has 2 heteroatoms. The summed E-state index contributed by atoms with van der Waals surface area (Å²) < 4.78 is 12.5. The van der Waals surface area contributed by atoms with Crippen LogP contribution >= 0.6 is 0 Å². The first-order valence-corrected chi connectivity index (χ1v) is 12.0. The van der Waals surface area contributed by atoms with Gasteiger partial charge in [-0.3, -0.25) is 0 Å². The molecule has 0 N–H and O–H groups in total. The van der Waals surface area contributed by atoms with Gasteiger partial charge in [0, 0.05) is 11.8 Å². The van der Waals surface area contributed by atoms with Crippen molar-refractivity contribution in [3.05, 3.63) is 0 Å². The lowest BCUT2D eigenvalue weighted by Crippen LogP contribution is -2.41. The minimum atomic E-state index is 0.110. The molecule has 1 heterocycles. The molecule has 1 aliphatic heterocycles. The number of unbranched alkanes of at least 4 members (excludes halogenated alkanes) is 2. The molecule has 3 fully saturated rings. The van der Waals surface area contributed by atoms with Gasteiger partial charge in [-0.1, -0.05) is 65.2 Å². The summed E-state index contributed by atoms with van der Waals surface area (Å²) in [7, 11) is 0. The Morgan fingerprint density at radius 3 is 1.50 bits per heavy atom. The zero-order valence-corrected chi connectivity index (χ0v) is 17.6. The summed E-state index contributed by atoms with van der Waals surface area (Å²) in [4.78, 5) is 0. The minimum absolute atomic E-state index is 0.110. The summed E-state index contributed by atoms with van der Waals surface area (Å²) in [6, 6.07) is 0. The second-order valence-electron chi connectivity index (χ2n) is 9.64. The molecule has 0 radical (unpaired) electrons. The van der Waals surface area contributed by atoms with Gasteiger partial charge in [0.15, 0.2) is 6.29 Å². The average Bonchev–Trinajstić information content (AvgIpc) is 2.72. The molecule has 1 saturated heterocycles. The standard InChI is InChI=1S/C24H44O2/c1-3-5-7-19-9-13-21(14-10-19)23-17-25-24(26-18-23)22-15-11-20(12-16-22)8-6-4-2/h19-24H,3-18H2,1-2H3. The highest BCUT2D eigenvalue weighted by molar-refractivity contribution is 4.81. The van der Waals surface area contributed by atoms with E-state index in [2.05, 4.69) is 13.8 Å². The zero-order chi connectivity index (χ0) is 18.2. The number of hydrogen-bond donors (Lipinski definition) is 0. The Morgan fingerprint density at radius 2 is 1.04 bits per heavy atom. The van der Waals surface area contributed by atoms with Crippen LogP contribution in [0.5, 0.6) is 0 Å². The summed E-state index contributed by atoms with van der Waals surface area (Å²) in [5.74, 6) is 4.18. The van der Waals surface area contributed by atoms with Crippen molar-refractivity contribution < 1.29 is 9.47 Å². The third-order valence-corrected chi connectivity index (χ3v) is 7.72. The van der Waals surface area contributed by atoms with Crippen molar-refractivity contribution in [2.24, 2.45) is 29.6 Å². The number of hydrogen-bond acceptors (Lipinski definition) is 2. The van der Waals surface area contributed by atoms with Gasteiger partial charge in [-0.25, -0.2) is 0 Å². The summed E-state index contributed by atoms with van der Waals surface area (Å²) in [5, 5.41) is 0. The van der Waals surface area contributed by atoms with Crippen LogP contribution in [0.2, 0.25) is 0 Å². The molecule has 0 bridgehead atoms. The molecule has 0 amide bonds. The fraction of sp³-hybridized carbons (Fsp3) is 1.00. The van der Waals surface area contributed by atoms with E-state index in [-0.39, 0.29) is 6.29 Å². The van der Waals surface area contributed by atoms with Crippen LogP contribution in [0.4, 0.5) is 0 Å². The van der Waals surface area contributed by atoms with Crippen LogP contribution in [-0.4, -0.2) is 19.5 Å². The second-order valence-corrected chi connectivity index (χ2v) is 9.64. The molecule has 3 aliphatic rings. The lowest BCUT2D eigenvalue weighted by molar-refractivity contribution is -0.237. The van der Waals surface area contributed by atoms with Crippen LogP contribution in [0, 0.1) is 29.6 Å². The molecular formula is C24H44O2. The molecule has 0 aromatic rings. The molecule has 152 valence electrons. The van der Waals surface area contributed by atoms with Crippen molar-refractivity contribution in [2.75, 3.05) is 13.2 Å². The Bertz CT molecular complexity index is 322. The fourth-order valence-corrected chi connectivity index (χ4v) is 5.76. The van der Waals surface area contributed by atoms with Gasteiger partial charge >= 0.3 is 0 Å². The first kappa shape index (κ1) is 20.6. The first-order chi connectivity index (χ1) is 12.8. The molecule has 2 nitrogen and oxygen atoms in total. The Morgan fingerprint density at radius 1 is 0.577 bits per heavy atom. The van der Waals surface area contributed by atoms with Crippen molar-refractivity contribution in [3.8, 4) is 0 Å². The Hall–Kier alpha value is -0.0800. The lowest BCUT2D eigenvalue weighted by Gasteiger charge is -2.41.